The van der Waals surface area contributed by atoms with Gasteiger partial charge in [0.2, 0.25) is 10.0 Å². The number of rotatable bonds is 3. The zero-order valence-electron chi connectivity index (χ0n) is 16.0. The summed E-state index contributed by atoms with van der Waals surface area (Å²) in [4.78, 5) is 14.5. The molecule has 29 heavy (non-hydrogen) atoms. The van der Waals surface area contributed by atoms with Crippen molar-refractivity contribution in [2.45, 2.75) is 11.8 Å². The second kappa shape index (κ2) is 7.57. The van der Waals surface area contributed by atoms with Gasteiger partial charge in [0.25, 0.3) is 5.91 Å². The Bertz CT molecular complexity index is 1190. The van der Waals surface area contributed by atoms with E-state index in [0.29, 0.717) is 24.2 Å². The quantitative estimate of drug-likeness (QED) is 0.662. The Hall–Kier alpha value is -2.77. The standard InChI is InChI=1S/C22H21FN2O3S/c1-16-14-19(7-9-21(16)23)22(26)24-10-12-25(13-11-24)29(27,28)20-8-6-17-4-2-3-5-18(17)15-20/h2-9,14-15H,10-13H2,1H3. The third-order valence-electron chi connectivity index (χ3n) is 5.29. The highest BCUT2D eigenvalue weighted by molar-refractivity contribution is 7.89. The Labute approximate surface area is 169 Å². The van der Waals surface area contributed by atoms with Crippen LogP contribution in [0, 0.1) is 12.7 Å². The lowest BCUT2D eigenvalue weighted by molar-refractivity contribution is 0.0697. The van der Waals surface area contributed by atoms with E-state index in [2.05, 4.69) is 0 Å². The van der Waals surface area contributed by atoms with E-state index in [1.165, 1.54) is 22.5 Å². The number of hydrogen-bond acceptors (Lipinski definition) is 3. The van der Waals surface area contributed by atoms with Crippen molar-refractivity contribution in [1.82, 2.24) is 9.21 Å². The first kappa shape index (κ1) is 19.5. The summed E-state index contributed by atoms with van der Waals surface area (Å²) in [6.07, 6.45) is 0. The fourth-order valence-corrected chi connectivity index (χ4v) is 5.03. The van der Waals surface area contributed by atoms with Gasteiger partial charge in [-0.05, 0) is 53.6 Å². The molecule has 1 fully saturated rings. The molecule has 0 spiro atoms. The van der Waals surface area contributed by atoms with Crippen molar-refractivity contribution in [1.29, 1.82) is 0 Å². The summed E-state index contributed by atoms with van der Waals surface area (Å²) in [6.45, 7) is 2.65. The molecule has 1 aliphatic rings. The van der Waals surface area contributed by atoms with Crippen LogP contribution < -0.4 is 0 Å². The summed E-state index contributed by atoms with van der Waals surface area (Å²) >= 11 is 0. The third-order valence-corrected chi connectivity index (χ3v) is 7.18. The smallest absolute Gasteiger partial charge is 0.253 e. The van der Waals surface area contributed by atoms with Crippen molar-refractivity contribution in [3.05, 3.63) is 77.6 Å². The van der Waals surface area contributed by atoms with Crippen molar-refractivity contribution >= 4 is 26.7 Å². The van der Waals surface area contributed by atoms with E-state index in [1.54, 1.807) is 30.0 Å². The van der Waals surface area contributed by atoms with Crippen LogP contribution in [0.3, 0.4) is 0 Å². The molecule has 5 nitrogen and oxygen atoms in total. The number of hydrogen-bond donors (Lipinski definition) is 0. The van der Waals surface area contributed by atoms with Crippen LogP contribution in [0.25, 0.3) is 10.8 Å². The lowest BCUT2D eigenvalue weighted by Crippen LogP contribution is -2.50. The molecule has 1 amide bonds. The summed E-state index contributed by atoms with van der Waals surface area (Å²) in [7, 11) is -3.63. The number of carbonyl (C=O) groups excluding carboxylic acids is 1. The molecule has 3 aromatic carbocycles. The average Bonchev–Trinajstić information content (AvgIpc) is 2.75. The number of fused-ring (bicyclic) bond motifs is 1. The van der Waals surface area contributed by atoms with Crippen LogP contribution in [0.15, 0.2) is 65.6 Å². The zero-order chi connectivity index (χ0) is 20.6. The van der Waals surface area contributed by atoms with Gasteiger partial charge in [0.05, 0.1) is 4.90 Å². The average molecular weight is 412 g/mol. The van der Waals surface area contributed by atoms with Crippen LogP contribution in [0.2, 0.25) is 0 Å². The molecule has 1 saturated heterocycles. The Morgan fingerprint density at radius 1 is 0.897 bits per heavy atom. The Morgan fingerprint density at radius 3 is 2.28 bits per heavy atom. The molecular formula is C22H21FN2O3S. The molecule has 0 atom stereocenters. The first-order valence-corrected chi connectivity index (χ1v) is 10.8. The number of carbonyl (C=O) groups is 1. The van der Waals surface area contributed by atoms with Crippen LogP contribution in [0.4, 0.5) is 4.39 Å². The minimum absolute atomic E-state index is 0.212. The number of piperazine rings is 1. The largest absolute Gasteiger partial charge is 0.336 e. The third kappa shape index (κ3) is 3.75. The van der Waals surface area contributed by atoms with Gasteiger partial charge < -0.3 is 4.90 Å². The molecule has 1 aliphatic heterocycles. The molecule has 3 aromatic rings. The molecule has 150 valence electrons. The Balaban J connectivity index is 1.49. The van der Waals surface area contributed by atoms with Gasteiger partial charge in [-0.15, -0.1) is 0 Å². The van der Waals surface area contributed by atoms with E-state index in [0.717, 1.165) is 10.8 Å². The molecule has 1 heterocycles. The highest BCUT2D eigenvalue weighted by atomic mass is 32.2. The maximum Gasteiger partial charge on any atom is 0.253 e. The lowest BCUT2D eigenvalue weighted by Gasteiger charge is -2.34. The molecule has 0 radical (unpaired) electrons. The zero-order valence-corrected chi connectivity index (χ0v) is 16.8. The molecule has 0 N–H and O–H groups in total. The van der Waals surface area contributed by atoms with Crippen molar-refractivity contribution in [2.75, 3.05) is 26.2 Å². The van der Waals surface area contributed by atoms with Crippen LogP contribution in [0.5, 0.6) is 0 Å². The molecule has 0 aliphatic carbocycles. The summed E-state index contributed by atoms with van der Waals surface area (Å²) in [5.41, 5.74) is 0.822. The maximum absolute atomic E-state index is 13.4. The van der Waals surface area contributed by atoms with E-state index in [-0.39, 0.29) is 29.7 Å². The van der Waals surface area contributed by atoms with Crippen molar-refractivity contribution in [2.24, 2.45) is 0 Å². The van der Waals surface area contributed by atoms with Crippen LogP contribution in [0.1, 0.15) is 15.9 Å². The number of nitrogens with zero attached hydrogens (tertiary/aromatic N) is 2. The van der Waals surface area contributed by atoms with Crippen molar-refractivity contribution in [3.8, 4) is 0 Å². The van der Waals surface area contributed by atoms with Crippen molar-refractivity contribution < 1.29 is 17.6 Å². The van der Waals surface area contributed by atoms with E-state index < -0.39 is 10.0 Å². The number of halogens is 1. The van der Waals surface area contributed by atoms with Crippen molar-refractivity contribution in [3.63, 3.8) is 0 Å². The molecule has 0 aromatic heterocycles. The summed E-state index contributed by atoms with van der Waals surface area (Å²) in [5, 5.41) is 1.85. The first-order valence-electron chi connectivity index (χ1n) is 9.41. The second-order valence-corrected chi connectivity index (χ2v) is 9.11. The summed E-state index contributed by atoms with van der Waals surface area (Å²) in [5.74, 6) is -0.566. The number of aryl methyl sites for hydroxylation is 1. The van der Waals surface area contributed by atoms with Gasteiger partial charge >= 0.3 is 0 Å². The van der Waals surface area contributed by atoms with Gasteiger partial charge in [-0.25, -0.2) is 12.8 Å². The van der Waals surface area contributed by atoms with Gasteiger partial charge in [-0.2, -0.15) is 4.31 Å². The highest BCUT2D eigenvalue weighted by Gasteiger charge is 2.30. The van der Waals surface area contributed by atoms with E-state index in [9.17, 15) is 17.6 Å². The SMILES string of the molecule is Cc1cc(C(=O)N2CCN(S(=O)(=O)c3ccc4ccccc4c3)CC2)ccc1F. The van der Waals surface area contributed by atoms with E-state index in [1.807, 2.05) is 24.3 Å². The van der Waals surface area contributed by atoms with E-state index >= 15 is 0 Å². The van der Waals surface area contributed by atoms with Gasteiger partial charge in [-0.3, -0.25) is 4.79 Å². The fraction of sp³-hybridized carbons (Fsp3) is 0.227. The van der Waals surface area contributed by atoms with Gasteiger partial charge in [0, 0.05) is 31.7 Å². The normalized spacial score (nSPS) is 15.6. The van der Waals surface area contributed by atoms with Crippen LogP contribution in [-0.2, 0) is 10.0 Å². The molecule has 0 bridgehead atoms. The van der Waals surface area contributed by atoms with Gasteiger partial charge in [0.1, 0.15) is 5.82 Å². The predicted molar refractivity (Wildman–Crippen MR) is 110 cm³/mol. The topological polar surface area (TPSA) is 57.7 Å². The predicted octanol–water partition coefficient (Wildman–Crippen LogP) is 3.43. The second-order valence-electron chi connectivity index (χ2n) is 7.17. The lowest BCUT2D eigenvalue weighted by atomic mass is 10.1. The number of sulfonamides is 1. The number of amides is 1. The maximum atomic E-state index is 13.4. The minimum Gasteiger partial charge on any atom is -0.336 e. The Kier molecular flexibility index (Phi) is 5.10. The monoisotopic (exact) mass is 412 g/mol. The molecule has 0 unspecified atom stereocenters. The molecule has 7 heteroatoms. The molecule has 0 saturated carbocycles. The van der Waals surface area contributed by atoms with E-state index in [4.69, 9.17) is 0 Å². The summed E-state index contributed by atoms with van der Waals surface area (Å²) < 4.78 is 40.9. The van der Waals surface area contributed by atoms with Crippen LogP contribution >= 0.6 is 0 Å². The molecular weight excluding hydrogens is 391 g/mol. The first-order chi connectivity index (χ1) is 13.9. The van der Waals surface area contributed by atoms with Gasteiger partial charge in [0.15, 0.2) is 0 Å². The number of benzene rings is 3. The molecule has 4 rings (SSSR count). The Morgan fingerprint density at radius 2 is 1.59 bits per heavy atom. The fourth-order valence-electron chi connectivity index (χ4n) is 3.57. The minimum atomic E-state index is -3.63. The summed E-state index contributed by atoms with van der Waals surface area (Å²) in [6, 6.07) is 17.0. The highest BCUT2D eigenvalue weighted by Crippen LogP contribution is 2.23. The van der Waals surface area contributed by atoms with Crippen LogP contribution in [-0.4, -0.2) is 49.7 Å². The van der Waals surface area contributed by atoms with Gasteiger partial charge in [-0.1, -0.05) is 30.3 Å².